The summed E-state index contributed by atoms with van der Waals surface area (Å²) in [6.45, 7) is 2.06. The number of thiazole rings is 1. The van der Waals surface area contributed by atoms with Gasteiger partial charge < -0.3 is 0 Å². The molecule has 3 nitrogen and oxygen atoms in total. The van der Waals surface area contributed by atoms with Gasteiger partial charge in [0.25, 0.3) is 5.91 Å². The average molecular weight is 383 g/mol. The molecule has 0 atom stereocenters. The van der Waals surface area contributed by atoms with Crippen molar-refractivity contribution in [3.05, 3.63) is 66.8 Å². The van der Waals surface area contributed by atoms with E-state index in [-0.39, 0.29) is 5.91 Å². The topological polar surface area (TPSA) is 42.0 Å². The van der Waals surface area contributed by atoms with Gasteiger partial charge in [0.15, 0.2) is 5.13 Å². The van der Waals surface area contributed by atoms with Crippen molar-refractivity contribution in [1.82, 2.24) is 4.98 Å². The largest absolute Gasteiger partial charge is 0.298 e. The summed E-state index contributed by atoms with van der Waals surface area (Å²) in [7, 11) is 0. The van der Waals surface area contributed by atoms with Gasteiger partial charge in [-0.2, -0.15) is 0 Å². The van der Waals surface area contributed by atoms with E-state index in [1.807, 2.05) is 0 Å². The van der Waals surface area contributed by atoms with Gasteiger partial charge >= 0.3 is 0 Å². The Balaban J connectivity index is 1.68. The molecule has 1 amide bonds. The number of anilines is 1. The van der Waals surface area contributed by atoms with E-state index in [4.69, 9.17) is 23.2 Å². The number of nitrogens with zero attached hydrogens (tertiary/aromatic N) is 1. The predicted octanol–water partition coefficient (Wildman–Crippen LogP) is 5.66. The van der Waals surface area contributed by atoms with E-state index < -0.39 is 0 Å². The van der Waals surface area contributed by atoms with E-state index in [0.29, 0.717) is 19.4 Å². The zero-order valence-corrected chi connectivity index (χ0v) is 15.2. The lowest BCUT2D eigenvalue weighted by Crippen LogP contribution is -2.10. The van der Waals surface area contributed by atoms with Crippen LogP contribution >= 0.6 is 45.9 Å². The number of nitrogens with one attached hydrogen (secondary N) is 1. The first-order valence-electron chi connectivity index (χ1n) is 6.77. The van der Waals surface area contributed by atoms with Crippen molar-refractivity contribution in [1.29, 1.82) is 0 Å². The SMILES string of the molecule is Cc1ccc(Cc2cnc(NC(=O)c3cc(Cl)sc3Cl)s2)cc1. The highest BCUT2D eigenvalue weighted by atomic mass is 35.5. The Morgan fingerprint density at radius 2 is 1.96 bits per heavy atom. The van der Waals surface area contributed by atoms with Crippen LogP contribution in [0.5, 0.6) is 0 Å². The number of carbonyl (C=O) groups excluding carboxylic acids is 1. The molecule has 7 heteroatoms. The predicted molar refractivity (Wildman–Crippen MR) is 98.4 cm³/mol. The van der Waals surface area contributed by atoms with Crippen LogP contribution in [0.4, 0.5) is 5.13 Å². The van der Waals surface area contributed by atoms with Crippen LogP contribution in [0.15, 0.2) is 36.5 Å². The zero-order chi connectivity index (χ0) is 16.4. The van der Waals surface area contributed by atoms with Crippen LogP contribution in [-0.4, -0.2) is 10.9 Å². The van der Waals surface area contributed by atoms with Crippen molar-refractivity contribution in [2.75, 3.05) is 5.32 Å². The molecule has 3 rings (SSSR count). The highest BCUT2D eigenvalue weighted by Crippen LogP contribution is 2.32. The summed E-state index contributed by atoms with van der Waals surface area (Å²) in [6, 6.07) is 9.92. The maximum atomic E-state index is 12.2. The van der Waals surface area contributed by atoms with E-state index in [2.05, 4.69) is 41.5 Å². The van der Waals surface area contributed by atoms with Gasteiger partial charge in [0.05, 0.1) is 9.90 Å². The molecule has 23 heavy (non-hydrogen) atoms. The minimum Gasteiger partial charge on any atom is -0.298 e. The molecule has 0 saturated heterocycles. The number of rotatable bonds is 4. The molecule has 118 valence electrons. The Morgan fingerprint density at radius 1 is 1.22 bits per heavy atom. The van der Waals surface area contributed by atoms with Crippen LogP contribution in [-0.2, 0) is 6.42 Å². The zero-order valence-electron chi connectivity index (χ0n) is 12.1. The third kappa shape index (κ3) is 4.12. The Bertz CT molecular complexity index is 840. The second kappa shape index (κ2) is 7.01. The molecular formula is C16H12Cl2N2OS2. The van der Waals surface area contributed by atoms with Gasteiger partial charge in [0.1, 0.15) is 4.34 Å². The van der Waals surface area contributed by atoms with Gasteiger partial charge in [-0.25, -0.2) is 4.98 Å². The quantitative estimate of drug-likeness (QED) is 0.631. The molecular weight excluding hydrogens is 371 g/mol. The van der Waals surface area contributed by atoms with Crippen molar-refractivity contribution < 1.29 is 4.79 Å². The number of halogens is 2. The van der Waals surface area contributed by atoms with Gasteiger partial charge in [-0.05, 0) is 18.6 Å². The molecule has 0 bridgehead atoms. The lowest BCUT2D eigenvalue weighted by molar-refractivity contribution is 0.102. The minimum atomic E-state index is -0.297. The number of amides is 1. The maximum Gasteiger partial charge on any atom is 0.259 e. The number of benzene rings is 1. The van der Waals surface area contributed by atoms with Crippen molar-refractivity contribution in [2.45, 2.75) is 13.3 Å². The van der Waals surface area contributed by atoms with Gasteiger partial charge in [0.2, 0.25) is 0 Å². The Kier molecular flexibility index (Phi) is 5.02. The third-order valence-corrected chi connectivity index (χ3v) is 5.57. The lowest BCUT2D eigenvalue weighted by Gasteiger charge is -2.00. The fourth-order valence-electron chi connectivity index (χ4n) is 2.01. The van der Waals surface area contributed by atoms with Crippen molar-refractivity contribution >= 4 is 56.9 Å². The second-order valence-corrected chi connectivity index (χ2v) is 8.39. The van der Waals surface area contributed by atoms with Gasteiger partial charge in [0, 0.05) is 17.5 Å². The number of hydrogen-bond donors (Lipinski definition) is 1. The fourth-order valence-corrected chi connectivity index (χ4v) is 4.31. The minimum absolute atomic E-state index is 0.297. The molecule has 2 heterocycles. The summed E-state index contributed by atoms with van der Waals surface area (Å²) >= 11 is 14.5. The molecule has 0 aliphatic heterocycles. The van der Waals surface area contributed by atoms with Crippen LogP contribution in [0.2, 0.25) is 8.67 Å². The van der Waals surface area contributed by atoms with Crippen molar-refractivity contribution in [2.24, 2.45) is 0 Å². The monoisotopic (exact) mass is 382 g/mol. The van der Waals surface area contributed by atoms with E-state index in [1.165, 1.54) is 33.8 Å². The second-order valence-electron chi connectivity index (χ2n) is 4.99. The van der Waals surface area contributed by atoms with Gasteiger partial charge in [-0.15, -0.1) is 22.7 Å². The molecule has 1 aromatic carbocycles. The van der Waals surface area contributed by atoms with Crippen molar-refractivity contribution in [3.8, 4) is 0 Å². The first kappa shape index (κ1) is 16.5. The van der Waals surface area contributed by atoms with Crippen molar-refractivity contribution in [3.63, 3.8) is 0 Å². The van der Waals surface area contributed by atoms with E-state index in [1.54, 1.807) is 12.3 Å². The third-order valence-electron chi connectivity index (χ3n) is 3.17. The van der Waals surface area contributed by atoms with Crippen LogP contribution in [0, 0.1) is 6.92 Å². The van der Waals surface area contributed by atoms with Crippen LogP contribution in [0.25, 0.3) is 0 Å². The summed E-state index contributed by atoms with van der Waals surface area (Å²) in [6.07, 6.45) is 2.57. The number of hydrogen-bond acceptors (Lipinski definition) is 4. The van der Waals surface area contributed by atoms with E-state index >= 15 is 0 Å². The number of carbonyl (C=O) groups is 1. The molecule has 0 aliphatic rings. The first-order chi connectivity index (χ1) is 11.0. The molecule has 0 fully saturated rings. The molecule has 0 spiro atoms. The van der Waals surface area contributed by atoms with Crippen LogP contribution in [0.1, 0.15) is 26.4 Å². The summed E-state index contributed by atoms with van der Waals surface area (Å²) < 4.78 is 0.864. The molecule has 0 radical (unpaired) electrons. The van der Waals surface area contributed by atoms with Gasteiger partial charge in [-0.1, -0.05) is 53.0 Å². The van der Waals surface area contributed by atoms with Gasteiger partial charge in [-0.3, -0.25) is 10.1 Å². The standard InChI is InChI=1S/C16H12Cl2N2OS2/c1-9-2-4-10(5-3-9)6-11-8-19-16(22-11)20-15(21)12-7-13(17)23-14(12)18/h2-5,7-8H,6H2,1H3,(H,19,20,21). The highest BCUT2D eigenvalue weighted by molar-refractivity contribution is 7.20. The van der Waals surface area contributed by atoms with Crippen LogP contribution < -0.4 is 5.32 Å². The summed E-state index contributed by atoms with van der Waals surface area (Å²) in [5, 5.41) is 3.31. The lowest BCUT2D eigenvalue weighted by atomic mass is 10.1. The number of aryl methyl sites for hydroxylation is 1. The normalized spacial score (nSPS) is 10.7. The Labute approximate surface area is 151 Å². The molecule has 0 saturated carbocycles. The summed E-state index contributed by atoms with van der Waals surface area (Å²) in [4.78, 5) is 17.5. The average Bonchev–Trinajstić information content (AvgIpc) is 3.07. The molecule has 1 N–H and O–H groups in total. The fraction of sp³-hybridized carbons (Fsp3) is 0.125. The molecule has 0 aliphatic carbocycles. The number of aromatic nitrogens is 1. The summed E-state index contributed by atoms with van der Waals surface area (Å²) in [5.74, 6) is -0.297. The molecule has 2 aromatic heterocycles. The Hall–Kier alpha value is -1.40. The smallest absolute Gasteiger partial charge is 0.259 e. The number of thiophene rings is 1. The van der Waals surface area contributed by atoms with E-state index in [0.717, 1.165) is 11.3 Å². The van der Waals surface area contributed by atoms with E-state index in [9.17, 15) is 4.79 Å². The van der Waals surface area contributed by atoms with Crippen LogP contribution in [0.3, 0.4) is 0 Å². The summed E-state index contributed by atoms with van der Waals surface area (Å²) in [5.41, 5.74) is 2.82. The maximum absolute atomic E-state index is 12.2. The molecule has 3 aromatic rings. The Morgan fingerprint density at radius 3 is 2.61 bits per heavy atom. The molecule has 0 unspecified atom stereocenters. The highest BCUT2D eigenvalue weighted by Gasteiger charge is 2.15. The first-order valence-corrected chi connectivity index (χ1v) is 9.16.